The summed E-state index contributed by atoms with van der Waals surface area (Å²) in [4.78, 5) is 41.4. The molecule has 1 saturated heterocycles. The Labute approximate surface area is 157 Å². The van der Waals surface area contributed by atoms with Gasteiger partial charge in [0.25, 0.3) is 11.8 Å². The van der Waals surface area contributed by atoms with Gasteiger partial charge in [0, 0.05) is 28.4 Å². The SMILES string of the molecule is CCC1(c2ccccc2)C(=O)N(C(OC)OC)C(=O)N(C(OC)OC)C1=O. The minimum absolute atomic E-state index is 0.106. The van der Waals surface area contributed by atoms with Crippen LogP contribution in [-0.2, 0) is 34.0 Å². The van der Waals surface area contributed by atoms with Gasteiger partial charge in [-0.2, -0.15) is 0 Å². The molecule has 0 atom stereocenters. The number of ether oxygens (including phenoxy) is 4. The monoisotopic (exact) mass is 380 g/mol. The van der Waals surface area contributed by atoms with Gasteiger partial charge in [0.05, 0.1) is 0 Å². The van der Waals surface area contributed by atoms with Gasteiger partial charge in [-0.1, -0.05) is 37.3 Å². The molecule has 1 heterocycles. The number of urea groups is 1. The van der Waals surface area contributed by atoms with Gasteiger partial charge >= 0.3 is 6.03 Å². The molecule has 1 aromatic carbocycles. The molecular formula is C18H24N2O7. The van der Waals surface area contributed by atoms with E-state index >= 15 is 0 Å². The van der Waals surface area contributed by atoms with Gasteiger partial charge in [-0.25, -0.2) is 14.6 Å². The lowest BCUT2D eigenvalue weighted by atomic mass is 9.74. The first-order chi connectivity index (χ1) is 12.9. The van der Waals surface area contributed by atoms with Crippen LogP contribution in [0.25, 0.3) is 0 Å². The predicted molar refractivity (Wildman–Crippen MR) is 93.1 cm³/mol. The first kappa shape index (κ1) is 21.0. The Morgan fingerprint density at radius 2 is 1.22 bits per heavy atom. The number of carbonyl (C=O) groups is 3. The number of hydrogen-bond acceptors (Lipinski definition) is 7. The third-order valence-electron chi connectivity index (χ3n) is 4.61. The molecule has 27 heavy (non-hydrogen) atoms. The lowest BCUT2D eigenvalue weighted by Gasteiger charge is -2.46. The second-order valence-electron chi connectivity index (χ2n) is 5.81. The van der Waals surface area contributed by atoms with Gasteiger partial charge in [0.2, 0.25) is 12.8 Å². The molecule has 148 valence electrons. The second kappa shape index (κ2) is 8.57. The second-order valence-corrected chi connectivity index (χ2v) is 5.81. The number of hydrogen-bond donors (Lipinski definition) is 0. The summed E-state index contributed by atoms with van der Waals surface area (Å²) in [6, 6.07) is 7.57. The van der Waals surface area contributed by atoms with Crippen LogP contribution in [0.1, 0.15) is 18.9 Å². The number of carbonyl (C=O) groups excluding carboxylic acids is 3. The maximum atomic E-state index is 13.4. The van der Waals surface area contributed by atoms with Crippen LogP contribution in [0.2, 0.25) is 0 Å². The first-order valence-electron chi connectivity index (χ1n) is 8.32. The maximum absolute atomic E-state index is 13.4. The van der Waals surface area contributed by atoms with E-state index in [4.69, 9.17) is 18.9 Å². The summed E-state index contributed by atoms with van der Waals surface area (Å²) >= 11 is 0. The van der Waals surface area contributed by atoms with E-state index in [1.165, 1.54) is 28.4 Å². The van der Waals surface area contributed by atoms with E-state index in [0.717, 1.165) is 9.80 Å². The minimum Gasteiger partial charge on any atom is -0.338 e. The third-order valence-corrected chi connectivity index (χ3v) is 4.61. The van der Waals surface area contributed by atoms with E-state index in [1.54, 1.807) is 37.3 Å². The fourth-order valence-corrected chi connectivity index (χ4v) is 3.25. The molecule has 1 aliphatic heterocycles. The zero-order valence-corrected chi connectivity index (χ0v) is 16.0. The Hall–Kier alpha value is -2.33. The fraction of sp³-hybridized carbons (Fsp3) is 0.500. The number of nitrogens with zero attached hydrogens (tertiary/aromatic N) is 2. The quantitative estimate of drug-likeness (QED) is 0.495. The van der Waals surface area contributed by atoms with Crippen LogP contribution in [0.15, 0.2) is 30.3 Å². The van der Waals surface area contributed by atoms with Crippen molar-refractivity contribution in [2.45, 2.75) is 31.6 Å². The molecule has 1 aromatic rings. The van der Waals surface area contributed by atoms with Crippen LogP contribution in [0.3, 0.4) is 0 Å². The van der Waals surface area contributed by atoms with Crippen LogP contribution in [0.5, 0.6) is 0 Å². The Morgan fingerprint density at radius 3 is 1.56 bits per heavy atom. The number of imide groups is 2. The summed E-state index contributed by atoms with van der Waals surface area (Å²) in [5, 5.41) is 0. The first-order valence-corrected chi connectivity index (χ1v) is 8.32. The molecule has 2 rings (SSSR count). The molecule has 0 radical (unpaired) electrons. The summed E-state index contributed by atoms with van der Waals surface area (Å²) in [7, 11) is 5.15. The number of rotatable bonds is 8. The smallest absolute Gasteiger partial charge is 0.338 e. The molecule has 0 saturated carbocycles. The summed E-state index contributed by atoms with van der Waals surface area (Å²) in [6.45, 7) is 1.69. The topological polar surface area (TPSA) is 94.6 Å². The average molecular weight is 380 g/mol. The van der Waals surface area contributed by atoms with E-state index in [-0.39, 0.29) is 6.42 Å². The lowest BCUT2D eigenvalue weighted by Crippen LogP contribution is -2.71. The van der Waals surface area contributed by atoms with E-state index in [2.05, 4.69) is 0 Å². The van der Waals surface area contributed by atoms with E-state index in [0.29, 0.717) is 5.56 Å². The maximum Gasteiger partial charge on any atom is 0.341 e. The van der Waals surface area contributed by atoms with Crippen molar-refractivity contribution in [2.75, 3.05) is 28.4 Å². The van der Waals surface area contributed by atoms with Crippen molar-refractivity contribution in [3.8, 4) is 0 Å². The molecule has 0 N–H and O–H groups in total. The molecule has 0 unspecified atom stereocenters. The van der Waals surface area contributed by atoms with Gasteiger partial charge in [0.15, 0.2) is 5.41 Å². The number of amides is 4. The summed E-state index contributed by atoms with van der Waals surface area (Å²) < 4.78 is 20.5. The molecule has 9 nitrogen and oxygen atoms in total. The molecular weight excluding hydrogens is 356 g/mol. The van der Waals surface area contributed by atoms with Crippen LogP contribution in [0.4, 0.5) is 4.79 Å². The molecule has 1 fully saturated rings. The largest absolute Gasteiger partial charge is 0.341 e. The van der Waals surface area contributed by atoms with Gasteiger partial charge in [-0.3, -0.25) is 9.59 Å². The molecule has 0 aliphatic carbocycles. The average Bonchev–Trinajstić information content (AvgIpc) is 2.70. The van der Waals surface area contributed by atoms with Crippen LogP contribution < -0.4 is 0 Å². The Bertz CT molecular complexity index is 652. The number of benzene rings is 1. The van der Waals surface area contributed by atoms with Crippen molar-refractivity contribution in [1.29, 1.82) is 0 Å². The molecule has 1 aliphatic rings. The van der Waals surface area contributed by atoms with Crippen LogP contribution >= 0.6 is 0 Å². The lowest BCUT2D eigenvalue weighted by molar-refractivity contribution is -0.221. The minimum atomic E-state index is -1.65. The fourth-order valence-electron chi connectivity index (χ4n) is 3.25. The molecule has 0 spiro atoms. The Balaban J connectivity index is 2.72. The normalized spacial score (nSPS) is 17.4. The van der Waals surface area contributed by atoms with Crippen molar-refractivity contribution < 1.29 is 33.3 Å². The standard InChI is InChI=1S/C18H24N2O7/c1-6-18(12-10-8-7-9-11-12)13(21)19(16(24-2)25-3)15(23)20(14(18)22)17(26-4)27-5/h7-11,16-17H,6H2,1-5H3. The Morgan fingerprint density at radius 1 is 0.815 bits per heavy atom. The van der Waals surface area contributed by atoms with Crippen LogP contribution in [0, 0.1) is 0 Å². The van der Waals surface area contributed by atoms with E-state index < -0.39 is 36.1 Å². The van der Waals surface area contributed by atoms with Gasteiger partial charge < -0.3 is 18.9 Å². The summed E-state index contributed by atoms with van der Waals surface area (Å²) in [6.07, 6.45) is -2.52. The van der Waals surface area contributed by atoms with Crippen LogP contribution in [-0.4, -0.2) is 68.9 Å². The number of barbiturate groups is 1. The highest BCUT2D eigenvalue weighted by Crippen LogP contribution is 2.38. The molecule has 4 amide bonds. The van der Waals surface area contributed by atoms with Crippen molar-refractivity contribution in [3.05, 3.63) is 35.9 Å². The van der Waals surface area contributed by atoms with Gasteiger partial charge in [-0.05, 0) is 12.0 Å². The van der Waals surface area contributed by atoms with Crippen molar-refractivity contribution in [1.82, 2.24) is 9.80 Å². The highest BCUT2D eigenvalue weighted by molar-refractivity contribution is 6.22. The molecule has 9 heteroatoms. The van der Waals surface area contributed by atoms with E-state index in [9.17, 15) is 14.4 Å². The van der Waals surface area contributed by atoms with Gasteiger partial charge in [-0.15, -0.1) is 0 Å². The van der Waals surface area contributed by atoms with Crippen molar-refractivity contribution >= 4 is 17.8 Å². The summed E-state index contributed by atoms with van der Waals surface area (Å²) in [5.74, 6) is -1.47. The zero-order valence-electron chi connectivity index (χ0n) is 16.0. The third kappa shape index (κ3) is 3.23. The summed E-state index contributed by atoms with van der Waals surface area (Å²) in [5.41, 5.74) is -1.21. The van der Waals surface area contributed by atoms with Gasteiger partial charge in [0.1, 0.15) is 0 Å². The molecule has 0 aromatic heterocycles. The van der Waals surface area contributed by atoms with Crippen molar-refractivity contribution in [2.24, 2.45) is 0 Å². The van der Waals surface area contributed by atoms with E-state index in [1.807, 2.05) is 0 Å². The van der Waals surface area contributed by atoms with Crippen molar-refractivity contribution in [3.63, 3.8) is 0 Å². The highest BCUT2D eigenvalue weighted by atomic mass is 16.7. The zero-order chi connectivity index (χ0) is 20.2. The predicted octanol–water partition coefficient (Wildman–Crippen LogP) is 1.28. The highest BCUT2D eigenvalue weighted by Gasteiger charge is 2.61. The Kier molecular flexibility index (Phi) is 6.66. The molecule has 0 bridgehead atoms. The number of methoxy groups -OCH3 is 4.